The Hall–Kier alpha value is -3.83. The fourth-order valence-electron chi connectivity index (χ4n) is 3.47. The number of nitro benzene ring substituents is 1. The van der Waals surface area contributed by atoms with E-state index in [2.05, 4.69) is 0 Å². The van der Waals surface area contributed by atoms with Crippen LogP contribution in [0.25, 0.3) is 0 Å². The summed E-state index contributed by atoms with van der Waals surface area (Å²) in [6.45, 7) is 0.548. The average molecular weight is 480 g/mol. The van der Waals surface area contributed by atoms with Crippen LogP contribution in [0.5, 0.6) is 5.75 Å². The molecule has 0 aliphatic carbocycles. The van der Waals surface area contributed by atoms with E-state index < -0.39 is 22.4 Å². The van der Waals surface area contributed by atoms with E-state index >= 15 is 0 Å². The summed E-state index contributed by atoms with van der Waals surface area (Å²) in [5, 5.41) is 11.4. The second-order valence-electron chi connectivity index (χ2n) is 7.81. The number of para-hydroxylation sites is 1. The van der Waals surface area contributed by atoms with Crippen LogP contribution in [-0.4, -0.2) is 73.4 Å². The van der Waals surface area contributed by atoms with Crippen molar-refractivity contribution in [2.24, 2.45) is 0 Å². The number of likely N-dealkylation sites (N-methyl/N-ethyl adjacent to an activating group) is 1. The molecule has 12 heteroatoms. The number of nitrogens with zero attached hydrogens (tertiary/aromatic N) is 4. The van der Waals surface area contributed by atoms with Gasteiger partial charge in [0.2, 0.25) is 0 Å². The number of rotatable bonds is 6. The zero-order chi connectivity index (χ0) is 25.0. The number of benzene rings is 2. The molecule has 1 aliphatic rings. The zero-order valence-electron chi connectivity index (χ0n) is 18.5. The summed E-state index contributed by atoms with van der Waals surface area (Å²) < 4.78 is 44.4. The van der Waals surface area contributed by atoms with Crippen LogP contribution in [0.4, 0.5) is 24.5 Å². The highest BCUT2D eigenvalue weighted by Crippen LogP contribution is 2.37. The number of carbonyl (C=O) groups is 2. The minimum atomic E-state index is -4.69. The second kappa shape index (κ2) is 9.98. The molecule has 0 aromatic heterocycles. The van der Waals surface area contributed by atoms with Crippen LogP contribution in [0.2, 0.25) is 0 Å². The summed E-state index contributed by atoms with van der Waals surface area (Å²) in [5.74, 6) is -0.355. The molecule has 3 rings (SSSR count). The summed E-state index contributed by atoms with van der Waals surface area (Å²) in [6, 6.07) is 8.91. The highest BCUT2D eigenvalue weighted by atomic mass is 19.4. The van der Waals surface area contributed by atoms with Crippen LogP contribution < -0.4 is 9.64 Å². The third kappa shape index (κ3) is 5.56. The first kappa shape index (κ1) is 24.8. The van der Waals surface area contributed by atoms with Gasteiger partial charge in [-0.15, -0.1) is 0 Å². The second-order valence-corrected chi connectivity index (χ2v) is 7.81. The molecule has 0 N–H and O–H groups in total. The number of hydrogen-bond acceptors (Lipinski definition) is 6. The fourth-order valence-corrected chi connectivity index (χ4v) is 3.47. The van der Waals surface area contributed by atoms with Crippen molar-refractivity contribution in [1.82, 2.24) is 9.80 Å². The quantitative estimate of drug-likeness (QED) is 0.466. The Morgan fingerprint density at radius 3 is 2.32 bits per heavy atom. The number of amides is 2. The predicted octanol–water partition coefficient (Wildman–Crippen LogP) is 3.04. The Labute approximate surface area is 193 Å². The first-order valence-corrected chi connectivity index (χ1v) is 10.3. The Morgan fingerprint density at radius 1 is 1.09 bits per heavy atom. The number of nitro groups is 1. The van der Waals surface area contributed by atoms with Crippen LogP contribution in [-0.2, 0) is 11.0 Å². The lowest BCUT2D eigenvalue weighted by Crippen LogP contribution is -2.49. The van der Waals surface area contributed by atoms with E-state index in [9.17, 15) is 32.9 Å². The van der Waals surface area contributed by atoms with Gasteiger partial charge in [0.15, 0.2) is 6.61 Å². The van der Waals surface area contributed by atoms with E-state index in [0.29, 0.717) is 6.07 Å². The molecule has 182 valence electrons. The first-order chi connectivity index (χ1) is 16.0. The third-order valence-electron chi connectivity index (χ3n) is 5.37. The molecule has 0 radical (unpaired) electrons. The van der Waals surface area contributed by atoms with Gasteiger partial charge in [-0.05, 0) is 24.3 Å². The fraction of sp³-hybridized carbons (Fsp3) is 0.364. The van der Waals surface area contributed by atoms with Gasteiger partial charge in [0, 0.05) is 46.3 Å². The molecule has 0 spiro atoms. The molecule has 1 saturated heterocycles. The van der Waals surface area contributed by atoms with Crippen molar-refractivity contribution in [3.8, 4) is 5.75 Å². The third-order valence-corrected chi connectivity index (χ3v) is 5.37. The molecule has 34 heavy (non-hydrogen) atoms. The van der Waals surface area contributed by atoms with Crippen LogP contribution in [0.3, 0.4) is 0 Å². The van der Waals surface area contributed by atoms with Crippen molar-refractivity contribution < 1.29 is 32.4 Å². The van der Waals surface area contributed by atoms with Crippen LogP contribution in [0, 0.1) is 10.1 Å². The molecule has 2 aromatic carbocycles. The number of carbonyl (C=O) groups excluding carboxylic acids is 2. The number of hydrogen-bond donors (Lipinski definition) is 0. The molecular weight excluding hydrogens is 457 g/mol. The average Bonchev–Trinajstić information content (AvgIpc) is 2.81. The van der Waals surface area contributed by atoms with Gasteiger partial charge in [0.05, 0.1) is 16.1 Å². The summed E-state index contributed by atoms with van der Waals surface area (Å²) in [5.41, 5.74) is -1.40. The Bertz CT molecular complexity index is 1080. The molecule has 2 amide bonds. The maximum atomic E-state index is 13.1. The van der Waals surface area contributed by atoms with Gasteiger partial charge >= 0.3 is 6.18 Å². The van der Waals surface area contributed by atoms with Gasteiger partial charge in [0.25, 0.3) is 17.5 Å². The summed E-state index contributed by atoms with van der Waals surface area (Å²) in [6.07, 6.45) is -4.69. The Morgan fingerprint density at radius 2 is 1.74 bits per heavy atom. The molecule has 1 fully saturated rings. The number of anilines is 1. The largest absolute Gasteiger partial charge is 0.483 e. The summed E-state index contributed by atoms with van der Waals surface area (Å²) in [7, 11) is 3.17. The van der Waals surface area contributed by atoms with Crippen molar-refractivity contribution in [2.75, 3.05) is 51.8 Å². The normalized spacial score (nSPS) is 14.0. The van der Waals surface area contributed by atoms with E-state index in [0.717, 1.165) is 12.1 Å². The molecule has 1 aliphatic heterocycles. The SMILES string of the molecule is CN(C)C(=O)COc1ccccc1C(=O)N1CCN(c2ccc(C(F)(F)F)cc2[N+](=O)[O-])CC1. The molecular formula is C22H23F3N4O5. The lowest BCUT2D eigenvalue weighted by molar-refractivity contribution is -0.384. The number of halogens is 3. The maximum Gasteiger partial charge on any atom is 0.416 e. The maximum absolute atomic E-state index is 13.1. The van der Waals surface area contributed by atoms with Crippen molar-refractivity contribution in [3.63, 3.8) is 0 Å². The highest BCUT2D eigenvalue weighted by Gasteiger charge is 2.34. The van der Waals surface area contributed by atoms with Gasteiger partial charge in [-0.1, -0.05) is 12.1 Å². The standard InChI is InChI=1S/C22H23F3N4O5/c1-26(2)20(30)14-34-19-6-4-3-5-16(19)21(31)28-11-9-27(10-12-28)17-8-7-15(22(23,24)25)13-18(17)29(32)33/h3-8,13H,9-12,14H2,1-2H3. The van der Waals surface area contributed by atoms with Gasteiger partial charge in [0.1, 0.15) is 11.4 Å². The Kier molecular flexibility index (Phi) is 7.28. The van der Waals surface area contributed by atoms with E-state index in [1.54, 1.807) is 43.3 Å². The molecule has 2 aromatic rings. The molecule has 0 atom stereocenters. The molecule has 9 nitrogen and oxygen atoms in total. The van der Waals surface area contributed by atoms with Crippen LogP contribution in [0.1, 0.15) is 15.9 Å². The monoisotopic (exact) mass is 480 g/mol. The summed E-state index contributed by atoms with van der Waals surface area (Å²) >= 11 is 0. The minimum Gasteiger partial charge on any atom is -0.483 e. The minimum absolute atomic E-state index is 0.0658. The lowest BCUT2D eigenvalue weighted by Gasteiger charge is -2.36. The molecule has 1 heterocycles. The van der Waals surface area contributed by atoms with E-state index in [-0.39, 0.29) is 61.6 Å². The smallest absolute Gasteiger partial charge is 0.416 e. The van der Waals surface area contributed by atoms with E-state index in [4.69, 9.17) is 4.74 Å². The van der Waals surface area contributed by atoms with Gasteiger partial charge in [-0.25, -0.2) is 0 Å². The van der Waals surface area contributed by atoms with Crippen molar-refractivity contribution in [3.05, 3.63) is 63.7 Å². The van der Waals surface area contributed by atoms with Gasteiger partial charge in [-0.3, -0.25) is 19.7 Å². The molecule has 0 bridgehead atoms. The first-order valence-electron chi connectivity index (χ1n) is 10.3. The molecule has 0 saturated carbocycles. The van der Waals surface area contributed by atoms with Crippen molar-refractivity contribution in [2.45, 2.75) is 6.18 Å². The summed E-state index contributed by atoms with van der Waals surface area (Å²) in [4.78, 5) is 39.9. The number of ether oxygens (including phenoxy) is 1. The van der Waals surface area contributed by atoms with Crippen molar-refractivity contribution >= 4 is 23.2 Å². The predicted molar refractivity (Wildman–Crippen MR) is 117 cm³/mol. The van der Waals surface area contributed by atoms with E-state index in [1.807, 2.05) is 0 Å². The Balaban J connectivity index is 1.72. The van der Waals surface area contributed by atoms with Crippen LogP contribution >= 0.6 is 0 Å². The van der Waals surface area contributed by atoms with Crippen LogP contribution in [0.15, 0.2) is 42.5 Å². The molecule has 0 unspecified atom stereocenters. The highest BCUT2D eigenvalue weighted by molar-refractivity contribution is 5.97. The number of piperazine rings is 1. The van der Waals surface area contributed by atoms with E-state index in [1.165, 1.54) is 9.80 Å². The number of alkyl halides is 3. The van der Waals surface area contributed by atoms with Gasteiger partial charge < -0.3 is 19.4 Å². The topological polar surface area (TPSA) is 96.2 Å². The lowest BCUT2D eigenvalue weighted by atomic mass is 10.1. The van der Waals surface area contributed by atoms with Crippen molar-refractivity contribution in [1.29, 1.82) is 0 Å². The zero-order valence-corrected chi connectivity index (χ0v) is 18.5. The van der Waals surface area contributed by atoms with Gasteiger partial charge in [-0.2, -0.15) is 13.2 Å².